The van der Waals surface area contributed by atoms with Crippen molar-refractivity contribution in [2.75, 3.05) is 0 Å². The number of ketones is 1. The van der Waals surface area contributed by atoms with Gasteiger partial charge in [0.2, 0.25) is 0 Å². The van der Waals surface area contributed by atoms with Crippen LogP contribution in [-0.2, 0) is 6.42 Å². The zero-order chi connectivity index (χ0) is 12.5. The van der Waals surface area contributed by atoms with Gasteiger partial charge in [0, 0.05) is 15.6 Å². The molecule has 0 saturated heterocycles. The van der Waals surface area contributed by atoms with E-state index in [4.69, 9.17) is 0 Å². The van der Waals surface area contributed by atoms with Crippen LogP contribution in [0.25, 0.3) is 0 Å². The predicted molar refractivity (Wildman–Crippen MR) is 81.0 cm³/mol. The summed E-state index contributed by atoms with van der Waals surface area (Å²) in [6.07, 6.45) is 1.68. The Morgan fingerprint density at radius 3 is 2.78 bits per heavy atom. The third-order valence-corrected chi connectivity index (χ3v) is 4.21. The fraction of sp³-hybridized carbons (Fsp3) is 0.188. The second-order valence-electron chi connectivity index (χ2n) is 4.74. The first-order chi connectivity index (χ1) is 8.74. The molecule has 0 bridgehead atoms. The molecule has 2 aromatic carbocycles. The SMILES string of the molecule is O=C(CC1Cc2ccccc21)c1cccc(I)c1. The number of hydrogen-bond acceptors (Lipinski definition) is 1. The van der Waals surface area contributed by atoms with Crippen molar-refractivity contribution >= 4 is 28.4 Å². The largest absolute Gasteiger partial charge is 0.294 e. The first-order valence-corrected chi connectivity index (χ1v) is 7.18. The van der Waals surface area contributed by atoms with Gasteiger partial charge in [-0.3, -0.25) is 4.79 Å². The lowest BCUT2D eigenvalue weighted by Crippen LogP contribution is -2.20. The highest BCUT2D eigenvalue weighted by molar-refractivity contribution is 14.1. The molecule has 0 saturated carbocycles. The zero-order valence-corrected chi connectivity index (χ0v) is 12.1. The molecule has 1 unspecified atom stereocenters. The Labute approximate surface area is 120 Å². The third-order valence-electron chi connectivity index (χ3n) is 3.54. The lowest BCUT2D eigenvalue weighted by molar-refractivity contribution is 0.0970. The maximum atomic E-state index is 12.2. The van der Waals surface area contributed by atoms with E-state index in [1.54, 1.807) is 0 Å². The van der Waals surface area contributed by atoms with E-state index in [0.717, 1.165) is 15.6 Å². The van der Waals surface area contributed by atoms with E-state index >= 15 is 0 Å². The molecule has 1 atom stereocenters. The van der Waals surface area contributed by atoms with Gasteiger partial charge in [-0.05, 0) is 58.2 Å². The first-order valence-electron chi connectivity index (χ1n) is 6.10. The van der Waals surface area contributed by atoms with Crippen LogP contribution in [0.3, 0.4) is 0 Å². The van der Waals surface area contributed by atoms with Gasteiger partial charge in [0.25, 0.3) is 0 Å². The summed E-state index contributed by atoms with van der Waals surface area (Å²) in [5.74, 6) is 0.680. The zero-order valence-electron chi connectivity index (χ0n) is 9.90. The molecule has 3 rings (SSSR count). The maximum Gasteiger partial charge on any atom is 0.163 e. The molecule has 1 aliphatic rings. The van der Waals surface area contributed by atoms with E-state index < -0.39 is 0 Å². The number of Topliss-reactive ketones (excluding diaryl/α,β-unsaturated/α-hetero) is 1. The van der Waals surface area contributed by atoms with Gasteiger partial charge in [-0.15, -0.1) is 0 Å². The van der Waals surface area contributed by atoms with Crippen LogP contribution in [0.5, 0.6) is 0 Å². The first kappa shape index (κ1) is 11.9. The van der Waals surface area contributed by atoms with E-state index in [0.29, 0.717) is 12.3 Å². The average molecular weight is 348 g/mol. The standard InChI is InChI=1S/C16H13IO/c17-14-6-3-5-12(9-14)16(18)10-13-8-11-4-1-2-7-15(11)13/h1-7,9,13H,8,10H2. The van der Waals surface area contributed by atoms with E-state index in [1.165, 1.54) is 11.1 Å². The van der Waals surface area contributed by atoms with E-state index in [9.17, 15) is 4.79 Å². The van der Waals surface area contributed by atoms with E-state index in [1.807, 2.05) is 24.3 Å². The van der Waals surface area contributed by atoms with Crippen molar-refractivity contribution in [2.45, 2.75) is 18.8 Å². The number of hydrogen-bond donors (Lipinski definition) is 0. The Balaban J connectivity index is 1.74. The highest BCUT2D eigenvalue weighted by Crippen LogP contribution is 2.37. The summed E-state index contributed by atoms with van der Waals surface area (Å²) in [6, 6.07) is 16.3. The molecule has 0 spiro atoms. The van der Waals surface area contributed by atoms with Gasteiger partial charge in [0.15, 0.2) is 5.78 Å². The maximum absolute atomic E-state index is 12.2. The van der Waals surface area contributed by atoms with Crippen LogP contribution in [0, 0.1) is 3.57 Å². The fourth-order valence-corrected chi connectivity index (χ4v) is 3.09. The van der Waals surface area contributed by atoms with Crippen molar-refractivity contribution < 1.29 is 4.79 Å². The average Bonchev–Trinajstić information content (AvgIpc) is 2.36. The smallest absolute Gasteiger partial charge is 0.163 e. The van der Waals surface area contributed by atoms with Crippen LogP contribution < -0.4 is 0 Å². The number of halogens is 1. The summed E-state index contributed by atoms with van der Waals surface area (Å²) >= 11 is 2.24. The summed E-state index contributed by atoms with van der Waals surface area (Å²) in [5.41, 5.74) is 3.60. The molecule has 1 aliphatic carbocycles. The Morgan fingerprint density at radius 2 is 2.00 bits per heavy atom. The van der Waals surface area contributed by atoms with Gasteiger partial charge in [-0.2, -0.15) is 0 Å². The number of benzene rings is 2. The Bertz CT molecular complexity index is 604. The van der Waals surface area contributed by atoms with Gasteiger partial charge in [0.1, 0.15) is 0 Å². The summed E-state index contributed by atoms with van der Waals surface area (Å²) in [5, 5.41) is 0. The molecule has 1 nitrogen and oxygen atoms in total. The summed E-state index contributed by atoms with van der Waals surface area (Å²) < 4.78 is 1.12. The molecule has 90 valence electrons. The Kier molecular flexibility index (Phi) is 3.20. The lowest BCUT2D eigenvalue weighted by atomic mass is 9.74. The van der Waals surface area contributed by atoms with Crippen LogP contribution in [0.1, 0.15) is 33.8 Å². The number of carbonyl (C=O) groups is 1. The minimum absolute atomic E-state index is 0.257. The van der Waals surface area contributed by atoms with Crippen molar-refractivity contribution in [3.05, 3.63) is 68.8 Å². The monoisotopic (exact) mass is 348 g/mol. The summed E-state index contributed by atoms with van der Waals surface area (Å²) in [7, 11) is 0. The number of fused-ring (bicyclic) bond motifs is 1. The van der Waals surface area contributed by atoms with E-state index in [2.05, 4.69) is 46.9 Å². The van der Waals surface area contributed by atoms with Crippen molar-refractivity contribution in [3.8, 4) is 0 Å². The molecule has 18 heavy (non-hydrogen) atoms. The minimum atomic E-state index is 0.257. The Morgan fingerprint density at radius 1 is 1.17 bits per heavy atom. The lowest BCUT2D eigenvalue weighted by Gasteiger charge is -2.29. The van der Waals surface area contributed by atoms with Crippen LogP contribution in [0.15, 0.2) is 48.5 Å². The fourth-order valence-electron chi connectivity index (χ4n) is 2.55. The topological polar surface area (TPSA) is 17.1 Å². The van der Waals surface area contributed by atoms with Gasteiger partial charge >= 0.3 is 0 Å². The van der Waals surface area contributed by atoms with E-state index in [-0.39, 0.29) is 5.78 Å². The molecule has 0 amide bonds. The van der Waals surface area contributed by atoms with Gasteiger partial charge in [0.05, 0.1) is 0 Å². The highest BCUT2D eigenvalue weighted by Gasteiger charge is 2.27. The summed E-state index contributed by atoms with van der Waals surface area (Å²) in [6.45, 7) is 0. The third kappa shape index (κ3) is 2.21. The minimum Gasteiger partial charge on any atom is -0.294 e. The van der Waals surface area contributed by atoms with Crippen molar-refractivity contribution in [2.24, 2.45) is 0 Å². The normalized spacial score (nSPS) is 16.8. The summed E-state index contributed by atoms with van der Waals surface area (Å²) in [4.78, 5) is 12.2. The quantitative estimate of drug-likeness (QED) is 0.600. The molecular formula is C16H13IO. The molecule has 0 aliphatic heterocycles. The predicted octanol–water partition coefficient (Wildman–Crippen LogP) is 4.20. The second-order valence-corrected chi connectivity index (χ2v) is 5.98. The van der Waals surface area contributed by atoms with Crippen LogP contribution >= 0.6 is 22.6 Å². The highest BCUT2D eigenvalue weighted by atomic mass is 127. The van der Waals surface area contributed by atoms with Crippen molar-refractivity contribution in [3.63, 3.8) is 0 Å². The molecule has 0 radical (unpaired) electrons. The van der Waals surface area contributed by atoms with Crippen molar-refractivity contribution in [1.29, 1.82) is 0 Å². The van der Waals surface area contributed by atoms with Gasteiger partial charge < -0.3 is 0 Å². The molecule has 0 aromatic heterocycles. The number of rotatable bonds is 3. The van der Waals surface area contributed by atoms with Crippen LogP contribution in [0.2, 0.25) is 0 Å². The number of carbonyl (C=O) groups excluding carboxylic acids is 1. The molecule has 0 N–H and O–H groups in total. The van der Waals surface area contributed by atoms with Crippen LogP contribution in [0.4, 0.5) is 0 Å². The molecule has 2 heteroatoms. The van der Waals surface area contributed by atoms with Gasteiger partial charge in [-0.1, -0.05) is 36.4 Å². The molecular weight excluding hydrogens is 335 g/mol. The molecule has 2 aromatic rings. The van der Waals surface area contributed by atoms with Crippen molar-refractivity contribution in [1.82, 2.24) is 0 Å². The molecule has 0 heterocycles. The van der Waals surface area contributed by atoms with Gasteiger partial charge in [-0.25, -0.2) is 0 Å². The Hall–Kier alpha value is -1.16. The van der Waals surface area contributed by atoms with Crippen LogP contribution in [-0.4, -0.2) is 5.78 Å². The molecule has 0 fully saturated rings. The second kappa shape index (κ2) is 4.84.